The van der Waals surface area contributed by atoms with Gasteiger partial charge in [0.15, 0.2) is 6.61 Å². The van der Waals surface area contributed by atoms with Crippen LogP contribution in [0.1, 0.15) is 33.8 Å². The molecule has 1 saturated heterocycles. The quantitative estimate of drug-likeness (QED) is 0.613. The number of ether oxygens (including phenoxy) is 1. The van der Waals surface area contributed by atoms with Gasteiger partial charge in [0.1, 0.15) is 6.04 Å². The molecule has 6 nitrogen and oxygen atoms in total. The van der Waals surface area contributed by atoms with Gasteiger partial charge in [-0.05, 0) is 44.4 Å². The number of hydrogen-bond acceptors (Lipinski definition) is 7. The van der Waals surface area contributed by atoms with Crippen molar-refractivity contribution in [2.24, 2.45) is 0 Å². The number of carbonyl (C=O) groups excluding carboxylic acids is 2. The smallest absolute Gasteiger partial charge is 0.329 e. The summed E-state index contributed by atoms with van der Waals surface area (Å²) in [6.45, 7) is 2.42. The average molecular weight is 345 g/mol. The van der Waals surface area contributed by atoms with Crippen molar-refractivity contribution in [3.63, 3.8) is 0 Å². The fraction of sp³-hybridized carbons (Fsp3) is 0.412. The molecule has 1 aliphatic rings. The van der Waals surface area contributed by atoms with E-state index in [1.54, 1.807) is 24.5 Å². The van der Waals surface area contributed by atoms with Gasteiger partial charge < -0.3 is 9.64 Å². The normalized spacial score (nSPS) is 17.5. The zero-order valence-corrected chi connectivity index (χ0v) is 14.3. The van der Waals surface area contributed by atoms with Crippen LogP contribution >= 0.6 is 11.3 Å². The van der Waals surface area contributed by atoms with Gasteiger partial charge in [-0.15, -0.1) is 11.3 Å². The molecule has 1 aliphatic heterocycles. The molecular formula is C17H19N3O3S. The SMILES string of the molecule is Cc1ccc(C(=O)COC(=O)C2CCCCN2c2ncccn2)s1. The van der Waals surface area contributed by atoms with Crippen LogP contribution in [0.3, 0.4) is 0 Å². The average Bonchev–Trinajstić information content (AvgIpc) is 3.06. The zero-order valence-electron chi connectivity index (χ0n) is 13.5. The molecule has 0 amide bonds. The van der Waals surface area contributed by atoms with E-state index < -0.39 is 6.04 Å². The maximum atomic E-state index is 12.5. The molecule has 0 aliphatic carbocycles. The molecule has 0 aromatic carbocycles. The lowest BCUT2D eigenvalue weighted by Crippen LogP contribution is -2.46. The number of rotatable bonds is 5. The molecule has 2 aromatic heterocycles. The summed E-state index contributed by atoms with van der Waals surface area (Å²) < 4.78 is 5.28. The van der Waals surface area contributed by atoms with Gasteiger partial charge >= 0.3 is 5.97 Å². The van der Waals surface area contributed by atoms with Gasteiger partial charge in [0, 0.05) is 23.8 Å². The van der Waals surface area contributed by atoms with Crippen molar-refractivity contribution in [3.8, 4) is 0 Å². The summed E-state index contributed by atoms with van der Waals surface area (Å²) in [5.41, 5.74) is 0. The van der Waals surface area contributed by atoms with E-state index in [4.69, 9.17) is 4.74 Å². The molecular weight excluding hydrogens is 326 g/mol. The number of anilines is 1. The highest BCUT2D eigenvalue weighted by Gasteiger charge is 2.32. The largest absolute Gasteiger partial charge is 0.456 e. The fourth-order valence-electron chi connectivity index (χ4n) is 2.74. The van der Waals surface area contributed by atoms with Gasteiger partial charge in [0.05, 0.1) is 4.88 Å². The van der Waals surface area contributed by atoms with Crippen molar-refractivity contribution < 1.29 is 14.3 Å². The molecule has 3 rings (SSSR count). The van der Waals surface area contributed by atoms with E-state index in [0.29, 0.717) is 23.8 Å². The van der Waals surface area contributed by atoms with Crippen LogP contribution in [-0.2, 0) is 9.53 Å². The molecule has 1 unspecified atom stereocenters. The third-order valence-corrected chi connectivity index (χ3v) is 4.99. The minimum absolute atomic E-state index is 0.167. The molecule has 0 spiro atoms. The number of hydrogen-bond donors (Lipinski definition) is 0. The number of thiophene rings is 1. The van der Waals surface area contributed by atoms with Crippen molar-refractivity contribution in [1.29, 1.82) is 0 Å². The van der Waals surface area contributed by atoms with Crippen LogP contribution in [0.2, 0.25) is 0 Å². The number of Topliss-reactive ketones (excluding diaryl/α,β-unsaturated/α-hetero) is 1. The Labute approximate surface area is 144 Å². The number of nitrogens with zero attached hydrogens (tertiary/aromatic N) is 3. The van der Waals surface area contributed by atoms with E-state index in [9.17, 15) is 9.59 Å². The Hall–Kier alpha value is -2.28. The predicted octanol–water partition coefficient (Wildman–Crippen LogP) is 2.63. The van der Waals surface area contributed by atoms with Crippen molar-refractivity contribution in [2.45, 2.75) is 32.2 Å². The second-order valence-electron chi connectivity index (χ2n) is 5.69. The first-order valence-electron chi connectivity index (χ1n) is 7.95. The van der Waals surface area contributed by atoms with E-state index in [0.717, 1.165) is 17.7 Å². The Kier molecular flexibility index (Phi) is 5.20. The van der Waals surface area contributed by atoms with E-state index in [1.165, 1.54) is 11.3 Å². The molecule has 24 heavy (non-hydrogen) atoms. The molecule has 0 radical (unpaired) electrons. The van der Waals surface area contributed by atoms with Crippen LogP contribution in [0.4, 0.5) is 5.95 Å². The second kappa shape index (κ2) is 7.53. The predicted molar refractivity (Wildman–Crippen MR) is 91.4 cm³/mol. The molecule has 0 bridgehead atoms. The lowest BCUT2D eigenvalue weighted by atomic mass is 10.0. The van der Waals surface area contributed by atoms with Gasteiger partial charge in [-0.1, -0.05) is 0 Å². The standard InChI is InChI=1S/C17H19N3O3S/c1-12-6-7-15(24-12)14(21)11-23-16(22)13-5-2-3-10-20(13)17-18-8-4-9-19-17/h4,6-9,13H,2-3,5,10-11H2,1H3. The van der Waals surface area contributed by atoms with Crippen molar-refractivity contribution in [3.05, 3.63) is 40.3 Å². The van der Waals surface area contributed by atoms with Crippen molar-refractivity contribution in [2.75, 3.05) is 18.1 Å². The lowest BCUT2D eigenvalue weighted by molar-refractivity contribution is -0.144. The molecule has 1 atom stereocenters. The first-order chi connectivity index (χ1) is 11.6. The Balaban J connectivity index is 1.63. The summed E-state index contributed by atoms with van der Waals surface area (Å²) in [5.74, 6) is -0.0251. The number of aromatic nitrogens is 2. The topological polar surface area (TPSA) is 72.4 Å². The van der Waals surface area contributed by atoms with Crippen LogP contribution in [-0.4, -0.2) is 40.9 Å². The van der Waals surface area contributed by atoms with Crippen LogP contribution in [0, 0.1) is 6.92 Å². The Morgan fingerprint density at radius 2 is 2.08 bits per heavy atom. The summed E-state index contributed by atoms with van der Waals surface area (Å²) in [7, 11) is 0. The molecule has 2 aromatic rings. The van der Waals surface area contributed by atoms with Crippen LogP contribution in [0.5, 0.6) is 0 Å². The summed E-state index contributed by atoms with van der Waals surface area (Å²) >= 11 is 1.41. The van der Waals surface area contributed by atoms with Gasteiger partial charge in [-0.25, -0.2) is 14.8 Å². The van der Waals surface area contributed by atoms with Crippen molar-refractivity contribution >= 4 is 29.0 Å². The van der Waals surface area contributed by atoms with Gasteiger partial charge in [-0.3, -0.25) is 4.79 Å². The highest BCUT2D eigenvalue weighted by molar-refractivity contribution is 7.14. The van der Waals surface area contributed by atoms with Gasteiger partial charge in [0.25, 0.3) is 0 Å². The van der Waals surface area contributed by atoms with E-state index in [-0.39, 0.29) is 18.4 Å². The molecule has 3 heterocycles. The third-order valence-electron chi connectivity index (χ3n) is 3.94. The molecule has 1 fully saturated rings. The van der Waals surface area contributed by atoms with Crippen LogP contribution in [0.25, 0.3) is 0 Å². The maximum Gasteiger partial charge on any atom is 0.329 e. The Morgan fingerprint density at radius 3 is 2.79 bits per heavy atom. The van der Waals surface area contributed by atoms with E-state index in [2.05, 4.69) is 9.97 Å². The third kappa shape index (κ3) is 3.79. The number of piperidine rings is 1. The molecule has 7 heteroatoms. The number of ketones is 1. The maximum absolute atomic E-state index is 12.5. The Bertz CT molecular complexity index is 717. The van der Waals surface area contributed by atoms with E-state index in [1.807, 2.05) is 17.9 Å². The highest BCUT2D eigenvalue weighted by Crippen LogP contribution is 2.22. The van der Waals surface area contributed by atoms with Crippen molar-refractivity contribution in [1.82, 2.24) is 9.97 Å². The van der Waals surface area contributed by atoms with Gasteiger partial charge in [0.2, 0.25) is 11.7 Å². The summed E-state index contributed by atoms with van der Waals surface area (Å²) in [6.07, 6.45) is 5.92. The minimum atomic E-state index is -0.431. The molecule has 126 valence electrons. The minimum Gasteiger partial charge on any atom is -0.456 e. The number of esters is 1. The molecule has 0 saturated carbocycles. The monoisotopic (exact) mass is 345 g/mol. The summed E-state index contributed by atoms with van der Waals surface area (Å²) in [4.78, 5) is 36.5. The fourth-order valence-corrected chi connectivity index (χ4v) is 3.54. The lowest BCUT2D eigenvalue weighted by Gasteiger charge is -2.33. The Morgan fingerprint density at radius 1 is 1.29 bits per heavy atom. The van der Waals surface area contributed by atoms with Crippen LogP contribution in [0.15, 0.2) is 30.6 Å². The first kappa shape index (κ1) is 16.6. The number of aryl methyl sites for hydroxylation is 1. The summed E-state index contributed by atoms with van der Waals surface area (Å²) in [6, 6.07) is 4.96. The summed E-state index contributed by atoms with van der Waals surface area (Å²) in [5, 5.41) is 0. The van der Waals surface area contributed by atoms with E-state index >= 15 is 0 Å². The number of carbonyl (C=O) groups is 2. The second-order valence-corrected chi connectivity index (χ2v) is 6.98. The van der Waals surface area contributed by atoms with Crippen LogP contribution < -0.4 is 4.90 Å². The highest BCUT2D eigenvalue weighted by atomic mass is 32.1. The van der Waals surface area contributed by atoms with Gasteiger partial charge in [-0.2, -0.15) is 0 Å². The zero-order chi connectivity index (χ0) is 16.9. The molecule has 0 N–H and O–H groups in total. The first-order valence-corrected chi connectivity index (χ1v) is 8.77.